The number of imidazole rings is 1. The first-order valence-electron chi connectivity index (χ1n) is 8.69. The van der Waals surface area contributed by atoms with Crippen molar-refractivity contribution in [3.63, 3.8) is 0 Å². The maximum Gasteiger partial charge on any atom is 0.332 e. The average molecular weight is 355 g/mol. The summed E-state index contributed by atoms with van der Waals surface area (Å²) >= 11 is 0. The zero-order chi connectivity index (χ0) is 18.4. The fourth-order valence-corrected chi connectivity index (χ4v) is 3.34. The molecule has 0 saturated carbocycles. The molecule has 0 fully saturated rings. The fraction of sp³-hybridized carbons (Fsp3) is 0.389. The maximum atomic E-state index is 12.6. The summed E-state index contributed by atoms with van der Waals surface area (Å²) in [5.74, 6) is 1.51. The molecule has 8 heteroatoms. The lowest BCUT2D eigenvalue weighted by molar-refractivity contribution is 0.317. The van der Waals surface area contributed by atoms with Crippen molar-refractivity contribution in [1.82, 2.24) is 18.7 Å². The molecule has 0 aliphatic carbocycles. The van der Waals surface area contributed by atoms with E-state index >= 15 is 0 Å². The number of fused-ring (bicyclic) bond motifs is 3. The molecule has 3 aromatic rings. The molecule has 136 valence electrons. The molecule has 0 unspecified atom stereocenters. The molecule has 0 spiro atoms. The van der Waals surface area contributed by atoms with Crippen LogP contribution >= 0.6 is 0 Å². The topological polar surface area (TPSA) is 74.3 Å². The smallest absolute Gasteiger partial charge is 0.332 e. The summed E-state index contributed by atoms with van der Waals surface area (Å²) in [5, 5.41) is 0. The zero-order valence-corrected chi connectivity index (χ0v) is 15.1. The molecule has 0 radical (unpaired) electrons. The largest absolute Gasteiger partial charge is 0.494 e. The van der Waals surface area contributed by atoms with Gasteiger partial charge < -0.3 is 14.2 Å². The molecular weight excluding hydrogens is 334 g/mol. The lowest BCUT2D eigenvalue weighted by Crippen LogP contribution is -2.37. The first-order valence-corrected chi connectivity index (χ1v) is 8.69. The van der Waals surface area contributed by atoms with Gasteiger partial charge in [-0.2, -0.15) is 4.98 Å². The fourth-order valence-electron chi connectivity index (χ4n) is 3.34. The van der Waals surface area contributed by atoms with E-state index in [0.717, 1.165) is 29.0 Å². The molecule has 26 heavy (non-hydrogen) atoms. The van der Waals surface area contributed by atoms with E-state index in [1.54, 1.807) is 7.05 Å². The highest BCUT2D eigenvalue weighted by Crippen LogP contribution is 2.32. The first-order chi connectivity index (χ1) is 12.5. The third kappa shape index (κ3) is 2.33. The van der Waals surface area contributed by atoms with Crippen molar-refractivity contribution < 1.29 is 4.74 Å². The van der Waals surface area contributed by atoms with E-state index in [9.17, 15) is 9.59 Å². The molecule has 1 aliphatic rings. The number of benzene rings is 1. The number of nitrogens with zero attached hydrogens (tertiary/aromatic N) is 5. The van der Waals surface area contributed by atoms with Crippen LogP contribution in [0.5, 0.6) is 5.75 Å². The minimum atomic E-state index is -0.372. The van der Waals surface area contributed by atoms with Crippen LogP contribution in [-0.2, 0) is 20.6 Å². The Bertz CT molecular complexity index is 1090. The Labute approximate surface area is 149 Å². The van der Waals surface area contributed by atoms with E-state index < -0.39 is 0 Å². The van der Waals surface area contributed by atoms with E-state index in [4.69, 9.17) is 4.74 Å². The Kier molecular flexibility index (Phi) is 3.82. The molecule has 0 bridgehead atoms. The van der Waals surface area contributed by atoms with E-state index in [1.807, 2.05) is 33.7 Å². The second-order valence-corrected chi connectivity index (χ2v) is 6.44. The highest BCUT2D eigenvalue weighted by Gasteiger charge is 2.28. The van der Waals surface area contributed by atoms with Crippen molar-refractivity contribution in [2.75, 3.05) is 18.1 Å². The van der Waals surface area contributed by atoms with Gasteiger partial charge in [0.05, 0.1) is 6.61 Å². The molecule has 2 aromatic heterocycles. The summed E-state index contributed by atoms with van der Waals surface area (Å²) in [6.45, 7) is 4.13. The van der Waals surface area contributed by atoms with Gasteiger partial charge in [0.25, 0.3) is 5.56 Å². The summed E-state index contributed by atoms with van der Waals surface area (Å²) in [5.41, 5.74) is 1.18. The Balaban J connectivity index is 1.79. The second-order valence-electron chi connectivity index (χ2n) is 6.44. The van der Waals surface area contributed by atoms with Crippen molar-refractivity contribution in [1.29, 1.82) is 0 Å². The van der Waals surface area contributed by atoms with Crippen LogP contribution in [-0.4, -0.2) is 31.8 Å². The summed E-state index contributed by atoms with van der Waals surface area (Å²) in [6.07, 6.45) is 0.964. The van der Waals surface area contributed by atoms with Crippen LogP contribution in [0.15, 0.2) is 33.9 Å². The highest BCUT2D eigenvalue weighted by atomic mass is 16.5. The Hall–Kier alpha value is -3.03. The molecule has 8 nitrogen and oxygen atoms in total. The van der Waals surface area contributed by atoms with Gasteiger partial charge in [-0.3, -0.25) is 13.9 Å². The normalized spacial score (nSPS) is 13.4. The molecule has 4 rings (SSSR count). The third-order valence-corrected chi connectivity index (χ3v) is 4.74. The number of ether oxygens (including phenoxy) is 1. The van der Waals surface area contributed by atoms with Gasteiger partial charge in [-0.15, -0.1) is 0 Å². The number of rotatable bonds is 4. The van der Waals surface area contributed by atoms with Gasteiger partial charge in [-0.1, -0.05) is 6.92 Å². The van der Waals surface area contributed by atoms with E-state index in [1.165, 1.54) is 11.6 Å². The predicted molar refractivity (Wildman–Crippen MR) is 99.4 cm³/mol. The average Bonchev–Trinajstić information content (AvgIpc) is 3.22. The van der Waals surface area contributed by atoms with Gasteiger partial charge in [0, 0.05) is 32.9 Å². The Morgan fingerprint density at radius 2 is 1.81 bits per heavy atom. The highest BCUT2D eigenvalue weighted by molar-refractivity contribution is 5.77. The quantitative estimate of drug-likeness (QED) is 0.707. The number of aromatic nitrogens is 4. The lowest BCUT2D eigenvalue weighted by Gasteiger charge is -2.16. The Morgan fingerprint density at radius 3 is 2.50 bits per heavy atom. The van der Waals surface area contributed by atoms with Crippen LogP contribution in [0.3, 0.4) is 0 Å². The van der Waals surface area contributed by atoms with Crippen LogP contribution in [0.25, 0.3) is 11.2 Å². The lowest BCUT2D eigenvalue weighted by atomic mass is 10.3. The van der Waals surface area contributed by atoms with Gasteiger partial charge in [-0.05, 0) is 30.7 Å². The van der Waals surface area contributed by atoms with Gasteiger partial charge in [-0.25, -0.2) is 4.79 Å². The number of hydrogen-bond donors (Lipinski definition) is 0. The number of anilines is 2. The van der Waals surface area contributed by atoms with Gasteiger partial charge >= 0.3 is 5.69 Å². The molecule has 0 N–H and O–H groups in total. The van der Waals surface area contributed by atoms with Gasteiger partial charge in [0.15, 0.2) is 11.2 Å². The summed E-state index contributed by atoms with van der Waals surface area (Å²) < 4.78 is 10.1. The van der Waals surface area contributed by atoms with Crippen LogP contribution in [0.2, 0.25) is 0 Å². The maximum absolute atomic E-state index is 12.6. The molecule has 1 aliphatic heterocycles. The molecular formula is C18H21N5O3. The van der Waals surface area contributed by atoms with Crippen molar-refractivity contribution in [2.24, 2.45) is 14.1 Å². The predicted octanol–water partition coefficient (Wildman–Crippen LogP) is 1.37. The van der Waals surface area contributed by atoms with Gasteiger partial charge in [0.2, 0.25) is 5.95 Å². The Morgan fingerprint density at radius 1 is 1.08 bits per heavy atom. The number of hydrogen-bond acceptors (Lipinski definition) is 5. The van der Waals surface area contributed by atoms with Crippen LogP contribution < -0.4 is 20.9 Å². The number of aryl methyl sites for hydroxylation is 1. The molecule has 3 heterocycles. The minimum Gasteiger partial charge on any atom is -0.494 e. The van der Waals surface area contributed by atoms with Crippen LogP contribution in [0.4, 0.5) is 11.6 Å². The van der Waals surface area contributed by atoms with Gasteiger partial charge in [0.1, 0.15) is 5.75 Å². The van der Waals surface area contributed by atoms with Crippen molar-refractivity contribution in [3.05, 3.63) is 45.1 Å². The van der Waals surface area contributed by atoms with E-state index in [2.05, 4.69) is 11.9 Å². The van der Waals surface area contributed by atoms with Crippen molar-refractivity contribution in [3.8, 4) is 5.75 Å². The minimum absolute atomic E-state index is 0.313. The molecule has 0 amide bonds. The molecule has 0 atom stereocenters. The van der Waals surface area contributed by atoms with Crippen molar-refractivity contribution in [2.45, 2.75) is 19.9 Å². The first kappa shape index (κ1) is 16.4. The second kappa shape index (κ2) is 6.05. The summed E-state index contributed by atoms with van der Waals surface area (Å²) in [4.78, 5) is 31.4. The molecule has 0 saturated heterocycles. The standard InChI is InChI=1S/C18H21N5O3/c1-4-11-26-13-7-5-12(6-8-13)22-9-10-23-14-15(19-17(22)23)20(2)18(25)21(3)16(14)24/h5-8H,4,9-11H2,1-3H3. The van der Waals surface area contributed by atoms with Crippen LogP contribution in [0, 0.1) is 0 Å². The molecule has 1 aromatic carbocycles. The summed E-state index contributed by atoms with van der Waals surface area (Å²) in [7, 11) is 3.13. The monoisotopic (exact) mass is 355 g/mol. The zero-order valence-electron chi connectivity index (χ0n) is 15.1. The van der Waals surface area contributed by atoms with Crippen molar-refractivity contribution >= 4 is 22.8 Å². The third-order valence-electron chi connectivity index (χ3n) is 4.74. The van der Waals surface area contributed by atoms with E-state index in [-0.39, 0.29) is 11.2 Å². The SMILES string of the molecule is CCCOc1ccc(N2CCn3c2nc2c3c(=O)n(C)c(=O)n2C)cc1. The van der Waals surface area contributed by atoms with E-state index in [0.29, 0.717) is 30.3 Å². The summed E-state index contributed by atoms with van der Waals surface area (Å²) in [6, 6.07) is 7.84. The van der Waals surface area contributed by atoms with Crippen LogP contribution in [0.1, 0.15) is 13.3 Å².